The third-order valence-electron chi connectivity index (χ3n) is 4.16. The molecular weight excluding hydrogens is 489 g/mol. The minimum Gasteiger partial charge on any atom is -0.492 e. The summed E-state index contributed by atoms with van der Waals surface area (Å²) in [6.45, 7) is 2.04. The third kappa shape index (κ3) is 6.27. The van der Waals surface area contributed by atoms with E-state index < -0.39 is 0 Å². The molecule has 0 aliphatic rings. The third-order valence-corrected chi connectivity index (χ3v) is 4.41. The highest BCUT2D eigenvalue weighted by atomic mass is 127. The lowest BCUT2D eigenvalue weighted by Crippen LogP contribution is -2.41. The normalized spacial score (nSPS) is 11.2. The highest BCUT2D eigenvalue weighted by molar-refractivity contribution is 14.0. The first-order valence-corrected chi connectivity index (χ1v) is 9.26. The van der Waals surface area contributed by atoms with Crippen molar-refractivity contribution in [2.75, 3.05) is 33.8 Å². The summed E-state index contributed by atoms with van der Waals surface area (Å²) in [4.78, 5) is 11.0. The summed E-state index contributed by atoms with van der Waals surface area (Å²) in [7, 11) is 3.77. The maximum atomic E-state index is 5.88. The van der Waals surface area contributed by atoms with E-state index in [0.29, 0.717) is 11.6 Å². The number of aromatic nitrogens is 2. The summed E-state index contributed by atoms with van der Waals surface area (Å²) in [5.74, 6) is 1.64. The van der Waals surface area contributed by atoms with Crippen molar-refractivity contribution in [3.63, 3.8) is 0 Å². The Labute approximate surface area is 187 Å². The van der Waals surface area contributed by atoms with Crippen LogP contribution in [0.15, 0.2) is 59.9 Å². The number of nitrogens with one attached hydrogen (secondary N) is 1. The van der Waals surface area contributed by atoms with Crippen LogP contribution in [0.2, 0.25) is 5.02 Å². The zero-order chi connectivity index (χ0) is 19.1. The van der Waals surface area contributed by atoms with Crippen molar-refractivity contribution >= 4 is 47.2 Å². The molecule has 1 aromatic carbocycles. The largest absolute Gasteiger partial charge is 0.492 e. The van der Waals surface area contributed by atoms with Gasteiger partial charge in [0.25, 0.3) is 0 Å². The number of ether oxygens (including phenoxy) is 1. The van der Waals surface area contributed by atoms with Gasteiger partial charge in [0.2, 0.25) is 0 Å². The molecule has 1 N–H and O–H groups in total. The van der Waals surface area contributed by atoms with Gasteiger partial charge in [0.05, 0.1) is 12.2 Å². The average molecular weight is 514 g/mol. The molecule has 0 aliphatic heterocycles. The Hall–Kier alpha value is -2.00. The molecule has 150 valence electrons. The summed E-state index contributed by atoms with van der Waals surface area (Å²) in [5, 5.41) is 4.08. The SMILES string of the molecule is CN=C(NCCc1cn2ccccc2n1)N(C)CCOc1ccc(Cl)cc1.I. The number of guanidine groups is 1. The number of nitrogens with zero attached hydrogens (tertiary/aromatic N) is 4. The number of hydrogen-bond acceptors (Lipinski definition) is 3. The molecule has 0 spiro atoms. The fourth-order valence-electron chi connectivity index (χ4n) is 2.73. The van der Waals surface area contributed by atoms with E-state index in [-0.39, 0.29) is 24.0 Å². The molecule has 0 aliphatic carbocycles. The Balaban J connectivity index is 0.00000280. The Kier molecular flexibility index (Phi) is 8.85. The Morgan fingerprint density at radius 3 is 2.75 bits per heavy atom. The first-order valence-electron chi connectivity index (χ1n) is 8.88. The number of likely N-dealkylation sites (N-methyl/N-ethyl adjacent to an activating group) is 1. The molecule has 3 aromatic rings. The molecule has 28 heavy (non-hydrogen) atoms. The number of imidazole rings is 1. The molecule has 0 amide bonds. The van der Waals surface area contributed by atoms with Crippen LogP contribution in [0.3, 0.4) is 0 Å². The predicted octanol–water partition coefficient (Wildman–Crippen LogP) is 3.73. The van der Waals surface area contributed by atoms with Crippen molar-refractivity contribution in [2.24, 2.45) is 4.99 Å². The van der Waals surface area contributed by atoms with Crippen molar-refractivity contribution < 1.29 is 4.74 Å². The van der Waals surface area contributed by atoms with Crippen molar-refractivity contribution in [1.29, 1.82) is 0 Å². The van der Waals surface area contributed by atoms with E-state index in [1.54, 1.807) is 7.05 Å². The molecule has 0 radical (unpaired) electrons. The first-order chi connectivity index (χ1) is 13.2. The lowest BCUT2D eigenvalue weighted by Gasteiger charge is -2.22. The van der Waals surface area contributed by atoms with E-state index in [1.165, 1.54) is 0 Å². The van der Waals surface area contributed by atoms with Gasteiger partial charge in [0, 0.05) is 44.5 Å². The van der Waals surface area contributed by atoms with Crippen LogP contribution in [0.5, 0.6) is 5.75 Å². The molecule has 0 unspecified atom stereocenters. The molecule has 0 atom stereocenters. The fraction of sp³-hybridized carbons (Fsp3) is 0.300. The molecule has 2 aromatic heterocycles. The van der Waals surface area contributed by atoms with Crippen LogP contribution in [0, 0.1) is 0 Å². The summed E-state index contributed by atoms with van der Waals surface area (Å²) in [5.41, 5.74) is 2.02. The number of fused-ring (bicyclic) bond motifs is 1. The van der Waals surface area contributed by atoms with E-state index in [1.807, 2.05) is 65.0 Å². The zero-order valence-corrected chi connectivity index (χ0v) is 19.1. The standard InChI is InChI=1S/C20H24ClN5O.HI/c1-22-20(25(2)13-14-27-18-8-6-16(21)7-9-18)23-11-10-17-15-26-12-4-3-5-19(26)24-17;/h3-9,12,15H,10-11,13-14H2,1-2H3,(H,22,23);1H. The van der Waals surface area contributed by atoms with Gasteiger partial charge in [0.1, 0.15) is 18.0 Å². The van der Waals surface area contributed by atoms with Gasteiger partial charge >= 0.3 is 0 Å². The number of aliphatic imine (C=N–C) groups is 1. The minimum absolute atomic E-state index is 0. The van der Waals surface area contributed by atoms with Gasteiger partial charge in [-0.25, -0.2) is 4.98 Å². The molecule has 0 saturated carbocycles. The van der Waals surface area contributed by atoms with Gasteiger partial charge in [-0.15, -0.1) is 24.0 Å². The summed E-state index contributed by atoms with van der Waals surface area (Å²) in [6.07, 6.45) is 4.89. The van der Waals surface area contributed by atoms with Gasteiger partial charge in [-0.2, -0.15) is 0 Å². The highest BCUT2D eigenvalue weighted by Gasteiger charge is 2.07. The Morgan fingerprint density at radius 1 is 1.25 bits per heavy atom. The molecule has 8 heteroatoms. The fourth-order valence-corrected chi connectivity index (χ4v) is 2.86. The van der Waals surface area contributed by atoms with Crippen molar-refractivity contribution in [2.45, 2.75) is 6.42 Å². The number of hydrogen-bond donors (Lipinski definition) is 1. The van der Waals surface area contributed by atoms with Crippen LogP contribution in [0.1, 0.15) is 5.69 Å². The van der Waals surface area contributed by atoms with E-state index in [0.717, 1.165) is 42.6 Å². The first kappa shape index (κ1) is 22.3. The van der Waals surface area contributed by atoms with Crippen LogP contribution < -0.4 is 10.1 Å². The second-order valence-electron chi connectivity index (χ2n) is 6.15. The van der Waals surface area contributed by atoms with E-state index in [9.17, 15) is 0 Å². The van der Waals surface area contributed by atoms with Gasteiger partial charge in [-0.1, -0.05) is 17.7 Å². The zero-order valence-electron chi connectivity index (χ0n) is 16.0. The molecule has 0 saturated heterocycles. The summed E-state index contributed by atoms with van der Waals surface area (Å²) >= 11 is 5.88. The molecule has 6 nitrogen and oxygen atoms in total. The maximum absolute atomic E-state index is 5.88. The number of pyridine rings is 1. The smallest absolute Gasteiger partial charge is 0.193 e. The Morgan fingerprint density at radius 2 is 2.04 bits per heavy atom. The van der Waals surface area contributed by atoms with Gasteiger partial charge < -0.3 is 19.4 Å². The molecule has 0 fully saturated rings. The van der Waals surface area contributed by atoms with Crippen LogP contribution in [0.25, 0.3) is 5.65 Å². The van der Waals surface area contributed by atoms with Crippen LogP contribution >= 0.6 is 35.6 Å². The van der Waals surface area contributed by atoms with Gasteiger partial charge in [-0.3, -0.25) is 4.99 Å². The van der Waals surface area contributed by atoms with E-state index in [4.69, 9.17) is 16.3 Å². The van der Waals surface area contributed by atoms with Crippen molar-refractivity contribution in [3.05, 3.63) is 65.6 Å². The summed E-state index contributed by atoms with van der Waals surface area (Å²) < 4.78 is 7.77. The molecule has 0 bridgehead atoms. The predicted molar refractivity (Wildman–Crippen MR) is 125 cm³/mol. The molecule has 2 heterocycles. The lowest BCUT2D eigenvalue weighted by molar-refractivity contribution is 0.281. The van der Waals surface area contributed by atoms with Crippen LogP contribution in [-0.4, -0.2) is 54.0 Å². The van der Waals surface area contributed by atoms with Crippen LogP contribution in [-0.2, 0) is 6.42 Å². The van der Waals surface area contributed by atoms with Crippen molar-refractivity contribution in [3.8, 4) is 5.75 Å². The lowest BCUT2D eigenvalue weighted by atomic mass is 10.3. The van der Waals surface area contributed by atoms with Gasteiger partial charge in [0.15, 0.2) is 5.96 Å². The van der Waals surface area contributed by atoms with Crippen molar-refractivity contribution in [1.82, 2.24) is 19.6 Å². The second-order valence-corrected chi connectivity index (χ2v) is 6.58. The number of benzene rings is 1. The quantitative estimate of drug-likeness (QED) is 0.297. The molecule has 3 rings (SSSR count). The summed E-state index contributed by atoms with van der Waals surface area (Å²) in [6, 6.07) is 13.4. The second kappa shape index (κ2) is 11.1. The topological polar surface area (TPSA) is 54.2 Å². The minimum atomic E-state index is 0. The average Bonchev–Trinajstić information content (AvgIpc) is 3.09. The number of halogens is 2. The monoisotopic (exact) mass is 513 g/mol. The van der Waals surface area contributed by atoms with E-state index in [2.05, 4.69) is 21.5 Å². The molecular formula is C20H25ClIN5O. The van der Waals surface area contributed by atoms with E-state index >= 15 is 0 Å². The highest BCUT2D eigenvalue weighted by Crippen LogP contribution is 2.15. The number of rotatable bonds is 7. The van der Waals surface area contributed by atoms with Crippen LogP contribution in [0.4, 0.5) is 0 Å². The maximum Gasteiger partial charge on any atom is 0.193 e. The Bertz CT molecular complexity index is 864. The van der Waals surface area contributed by atoms with Gasteiger partial charge in [-0.05, 0) is 36.4 Å².